The molecular formula is C20H15ClN2O. The van der Waals surface area contributed by atoms with Crippen molar-refractivity contribution in [3.05, 3.63) is 88.1 Å². The molecule has 1 aromatic carbocycles. The Kier molecular flexibility index (Phi) is 3.03. The molecule has 118 valence electrons. The molecule has 0 bridgehead atoms. The molecule has 24 heavy (non-hydrogen) atoms. The Morgan fingerprint density at radius 3 is 3.04 bits per heavy atom. The van der Waals surface area contributed by atoms with E-state index in [1.165, 1.54) is 16.7 Å². The van der Waals surface area contributed by atoms with E-state index in [1.807, 2.05) is 18.4 Å². The Labute approximate surface area is 145 Å². The second kappa shape index (κ2) is 5.25. The Bertz CT molecular complexity index is 975. The van der Waals surface area contributed by atoms with Crippen molar-refractivity contribution in [2.45, 2.75) is 19.4 Å². The quantitative estimate of drug-likeness (QED) is 0.724. The lowest BCUT2D eigenvalue weighted by Gasteiger charge is -2.13. The van der Waals surface area contributed by atoms with Crippen molar-refractivity contribution in [1.82, 2.24) is 4.57 Å². The van der Waals surface area contributed by atoms with Gasteiger partial charge in [-0.1, -0.05) is 17.7 Å². The topological polar surface area (TPSA) is 26.5 Å². The zero-order chi connectivity index (χ0) is 16.1. The fourth-order valence-corrected chi connectivity index (χ4v) is 3.96. The van der Waals surface area contributed by atoms with Gasteiger partial charge in [0.25, 0.3) is 0 Å². The van der Waals surface area contributed by atoms with Gasteiger partial charge in [0.1, 0.15) is 0 Å². The standard InChI is InChI=1S/C20H15ClN2O/c21-17-3-1-4-18-16(17)11-22-20(19-5-2-9-23(18)19)15-7-6-13-12-24-10-8-14(13)15/h1-5,8-10,12H,6-7,11H2. The van der Waals surface area contributed by atoms with Gasteiger partial charge in [-0.2, -0.15) is 0 Å². The predicted octanol–water partition coefficient (Wildman–Crippen LogP) is 4.95. The van der Waals surface area contributed by atoms with Gasteiger partial charge < -0.3 is 9.30 Å². The summed E-state index contributed by atoms with van der Waals surface area (Å²) in [5, 5.41) is 0.771. The van der Waals surface area contributed by atoms with Crippen LogP contribution in [0.2, 0.25) is 5.02 Å². The summed E-state index contributed by atoms with van der Waals surface area (Å²) in [6, 6.07) is 10.2. The summed E-state index contributed by atoms with van der Waals surface area (Å²) >= 11 is 6.43. The van der Waals surface area contributed by atoms with Crippen LogP contribution in [0.15, 0.2) is 76.8 Å². The molecule has 0 spiro atoms. The normalized spacial score (nSPS) is 18.2. The Morgan fingerprint density at radius 2 is 2.08 bits per heavy atom. The van der Waals surface area contributed by atoms with Crippen LogP contribution in [0, 0.1) is 0 Å². The fraction of sp³-hybridized carbons (Fsp3) is 0.150. The third-order valence-electron chi connectivity index (χ3n) is 4.87. The molecule has 1 aliphatic carbocycles. The van der Waals surface area contributed by atoms with Gasteiger partial charge in [0, 0.05) is 16.8 Å². The van der Waals surface area contributed by atoms with Gasteiger partial charge in [0.05, 0.1) is 36.2 Å². The molecule has 0 atom stereocenters. The van der Waals surface area contributed by atoms with E-state index in [2.05, 4.69) is 35.0 Å². The van der Waals surface area contributed by atoms with Crippen molar-refractivity contribution in [2.24, 2.45) is 4.99 Å². The van der Waals surface area contributed by atoms with Crippen molar-refractivity contribution in [3.8, 4) is 5.69 Å². The van der Waals surface area contributed by atoms with Crippen LogP contribution in [-0.4, -0.2) is 10.3 Å². The lowest BCUT2D eigenvalue weighted by Crippen LogP contribution is -2.10. The van der Waals surface area contributed by atoms with Crippen LogP contribution in [0.3, 0.4) is 0 Å². The second-order valence-corrected chi connectivity index (χ2v) is 6.55. The molecule has 1 aromatic heterocycles. The number of halogens is 1. The molecular weight excluding hydrogens is 320 g/mol. The minimum atomic E-state index is 0.599. The van der Waals surface area contributed by atoms with Gasteiger partial charge in [0.2, 0.25) is 0 Å². The van der Waals surface area contributed by atoms with Crippen LogP contribution >= 0.6 is 11.6 Å². The van der Waals surface area contributed by atoms with Crippen LogP contribution in [0.25, 0.3) is 5.69 Å². The van der Waals surface area contributed by atoms with Crippen molar-refractivity contribution >= 4 is 17.3 Å². The highest BCUT2D eigenvalue weighted by Gasteiger charge is 2.27. The Morgan fingerprint density at radius 1 is 1.12 bits per heavy atom. The van der Waals surface area contributed by atoms with E-state index in [0.29, 0.717) is 6.54 Å². The molecule has 0 amide bonds. The monoisotopic (exact) mass is 334 g/mol. The molecule has 0 unspecified atom stereocenters. The Balaban J connectivity index is 1.73. The van der Waals surface area contributed by atoms with Crippen LogP contribution in [0.5, 0.6) is 0 Å². The third kappa shape index (κ3) is 1.95. The fourth-order valence-electron chi connectivity index (χ4n) is 3.73. The maximum absolute atomic E-state index is 6.43. The maximum Gasteiger partial charge on any atom is 0.0939 e. The number of hydrogen-bond acceptors (Lipinski definition) is 2. The summed E-state index contributed by atoms with van der Waals surface area (Å²) < 4.78 is 7.53. The summed E-state index contributed by atoms with van der Waals surface area (Å²) in [5.41, 5.74) is 8.19. The second-order valence-electron chi connectivity index (χ2n) is 6.14. The number of hydrogen-bond donors (Lipinski definition) is 0. The number of rotatable bonds is 1. The van der Waals surface area contributed by atoms with Crippen molar-refractivity contribution < 1.29 is 4.74 Å². The molecule has 0 radical (unpaired) electrons. The number of aliphatic imine (C=N–C) groups is 1. The average Bonchev–Trinajstić information content (AvgIpc) is 3.21. The lowest BCUT2D eigenvalue weighted by molar-refractivity contribution is 0.393. The highest BCUT2D eigenvalue weighted by Crippen LogP contribution is 2.38. The summed E-state index contributed by atoms with van der Waals surface area (Å²) in [7, 11) is 0. The van der Waals surface area contributed by atoms with Crippen LogP contribution in [0.1, 0.15) is 24.1 Å². The van der Waals surface area contributed by atoms with Crippen molar-refractivity contribution in [3.63, 3.8) is 0 Å². The van der Waals surface area contributed by atoms with Gasteiger partial charge in [-0.25, -0.2) is 0 Å². The number of fused-ring (bicyclic) bond motifs is 4. The molecule has 4 heteroatoms. The molecule has 3 nitrogen and oxygen atoms in total. The Hall–Kier alpha value is -2.52. The van der Waals surface area contributed by atoms with E-state index >= 15 is 0 Å². The number of aromatic nitrogens is 1. The highest BCUT2D eigenvalue weighted by molar-refractivity contribution is 6.31. The first kappa shape index (κ1) is 13.9. The molecule has 0 fully saturated rings. The maximum atomic E-state index is 6.43. The van der Waals surface area contributed by atoms with E-state index in [4.69, 9.17) is 21.3 Å². The van der Waals surface area contributed by atoms with Gasteiger partial charge in [-0.15, -0.1) is 0 Å². The number of allylic oxidation sites excluding steroid dienone is 4. The largest absolute Gasteiger partial charge is 0.472 e. The van der Waals surface area contributed by atoms with E-state index in [0.717, 1.165) is 40.5 Å². The molecule has 3 heterocycles. The number of ether oxygens (including phenoxy) is 1. The van der Waals surface area contributed by atoms with Crippen molar-refractivity contribution in [2.75, 3.05) is 0 Å². The van der Waals surface area contributed by atoms with Gasteiger partial charge >= 0.3 is 0 Å². The van der Waals surface area contributed by atoms with E-state index in [1.54, 1.807) is 6.26 Å². The summed E-state index contributed by atoms with van der Waals surface area (Å²) in [4.78, 5) is 4.96. The first-order valence-corrected chi connectivity index (χ1v) is 8.45. The molecule has 5 rings (SSSR count). The minimum absolute atomic E-state index is 0.599. The highest BCUT2D eigenvalue weighted by atomic mass is 35.5. The molecule has 0 saturated carbocycles. The summed E-state index contributed by atoms with van der Waals surface area (Å²) in [6.07, 6.45) is 9.72. The van der Waals surface area contributed by atoms with Gasteiger partial charge in [-0.05, 0) is 59.9 Å². The summed E-state index contributed by atoms with van der Waals surface area (Å²) in [5.74, 6) is 0. The average molecular weight is 335 g/mol. The van der Waals surface area contributed by atoms with E-state index in [9.17, 15) is 0 Å². The molecule has 3 aliphatic rings. The van der Waals surface area contributed by atoms with Gasteiger partial charge in [0.15, 0.2) is 0 Å². The zero-order valence-corrected chi connectivity index (χ0v) is 13.8. The van der Waals surface area contributed by atoms with E-state index < -0.39 is 0 Å². The molecule has 0 N–H and O–H groups in total. The first-order chi connectivity index (χ1) is 11.8. The van der Waals surface area contributed by atoms with E-state index in [-0.39, 0.29) is 0 Å². The molecule has 2 aromatic rings. The van der Waals surface area contributed by atoms with Crippen LogP contribution < -0.4 is 0 Å². The third-order valence-corrected chi connectivity index (χ3v) is 5.22. The van der Waals surface area contributed by atoms with Crippen molar-refractivity contribution in [1.29, 1.82) is 0 Å². The lowest BCUT2D eigenvalue weighted by atomic mass is 10.0. The number of benzene rings is 1. The zero-order valence-electron chi connectivity index (χ0n) is 13.0. The summed E-state index contributed by atoms with van der Waals surface area (Å²) in [6.45, 7) is 0.599. The number of nitrogens with zero attached hydrogens (tertiary/aromatic N) is 2. The SMILES string of the molecule is Clc1cccc2c1CN=C(C1=C3C=COC=C3CC1)c1cccn1-2. The first-order valence-electron chi connectivity index (χ1n) is 8.08. The molecule has 2 aliphatic heterocycles. The minimum Gasteiger partial charge on any atom is -0.472 e. The van der Waals surface area contributed by atoms with Crippen LogP contribution in [0.4, 0.5) is 0 Å². The van der Waals surface area contributed by atoms with Gasteiger partial charge in [-0.3, -0.25) is 4.99 Å². The smallest absolute Gasteiger partial charge is 0.0939 e. The predicted molar refractivity (Wildman–Crippen MR) is 95.6 cm³/mol. The van der Waals surface area contributed by atoms with Crippen LogP contribution in [-0.2, 0) is 11.3 Å². The molecule has 0 saturated heterocycles.